The van der Waals surface area contributed by atoms with Gasteiger partial charge in [-0.05, 0) is 51.9 Å². The molecule has 130 valence electrons. The lowest BCUT2D eigenvalue weighted by atomic mass is 9.52. The van der Waals surface area contributed by atoms with E-state index in [1.165, 1.54) is 0 Å². The Kier molecular flexibility index (Phi) is 3.68. The number of piperidine rings is 1. The number of carbonyl (C=O) groups excluding carboxylic acids is 1. The Labute approximate surface area is 156 Å². The predicted molar refractivity (Wildman–Crippen MR) is 97.8 cm³/mol. The average molecular weight is 443 g/mol. The molecule has 0 radical (unpaired) electrons. The minimum atomic E-state index is -0.988. The van der Waals surface area contributed by atoms with Crippen molar-refractivity contribution in [3.63, 3.8) is 0 Å². The Morgan fingerprint density at radius 2 is 2.17 bits per heavy atom. The summed E-state index contributed by atoms with van der Waals surface area (Å²) in [5, 5.41) is 11.8. The van der Waals surface area contributed by atoms with Crippen molar-refractivity contribution in [1.82, 2.24) is 4.90 Å². The van der Waals surface area contributed by atoms with Crippen molar-refractivity contribution in [2.24, 2.45) is 0 Å². The van der Waals surface area contributed by atoms with Crippen molar-refractivity contribution in [2.45, 2.75) is 56.3 Å². The minimum absolute atomic E-state index is 0.0417. The molecule has 1 saturated carbocycles. The van der Waals surface area contributed by atoms with Gasteiger partial charge in [-0.1, -0.05) is 6.07 Å². The number of rotatable bonds is 1. The second-order valence-electron chi connectivity index (χ2n) is 7.43. The van der Waals surface area contributed by atoms with Gasteiger partial charge in [0.05, 0.1) is 11.0 Å². The van der Waals surface area contributed by atoms with Crippen LogP contribution in [0.2, 0.25) is 0 Å². The molecule has 4 rings (SSSR count). The third kappa shape index (κ3) is 1.79. The molecule has 1 spiro atoms. The molecule has 1 aliphatic carbocycles. The number of fused-ring (bicyclic) bond motifs is 1. The molecule has 0 aromatic heterocycles. The van der Waals surface area contributed by atoms with Gasteiger partial charge in [-0.3, -0.25) is 4.79 Å². The summed E-state index contributed by atoms with van der Waals surface area (Å²) >= 11 is 1.84. The van der Waals surface area contributed by atoms with E-state index < -0.39 is 17.1 Å². The monoisotopic (exact) mass is 443 g/mol. The predicted octanol–water partition coefficient (Wildman–Crippen LogP) is 2.54. The number of nitrogens with zero attached hydrogens (tertiary/aromatic N) is 1. The van der Waals surface area contributed by atoms with Crippen molar-refractivity contribution in [3.8, 4) is 11.5 Å². The lowest BCUT2D eigenvalue weighted by Crippen LogP contribution is -2.73. The van der Waals surface area contributed by atoms with E-state index in [0.717, 1.165) is 17.7 Å². The van der Waals surface area contributed by atoms with Crippen molar-refractivity contribution in [2.75, 3.05) is 13.6 Å². The van der Waals surface area contributed by atoms with Crippen LogP contribution >= 0.6 is 23.0 Å². The molecule has 2 aliphatic heterocycles. The van der Waals surface area contributed by atoms with Crippen molar-refractivity contribution in [1.29, 1.82) is 0 Å². The lowest BCUT2D eigenvalue weighted by molar-refractivity contribution is -0.178. The molecule has 2 heterocycles. The molecular formula is C18H22INO4. The van der Waals surface area contributed by atoms with E-state index in [4.69, 9.17) is 7.80 Å². The van der Waals surface area contributed by atoms with E-state index >= 15 is 0 Å². The van der Waals surface area contributed by atoms with Gasteiger partial charge in [-0.25, -0.2) is 0 Å². The van der Waals surface area contributed by atoms with Crippen LogP contribution in [0, 0.1) is 6.92 Å². The minimum Gasteiger partial charge on any atom is -0.477 e. The molecule has 0 unspecified atom stereocenters. The third-order valence-electron chi connectivity index (χ3n) is 6.57. The Bertz CT molecular complexity index is 723. The summed E-state index contributed by atoms with van der Waals surface area (Å²) < 4.78 is 11.6. The maximum absolute atomic E-state index is 12.7. The number of hydrogen-bond acceptors (Lipinski definition) is 5. The van der Waals surface area contributed by atoms with Crippen LogP contribution < -0.4 is 7.80 Å². The number of ether oxygens (including phenoxy) is 1. The standard InChI is InChI=1S/C18H22INO4/c1-10-4-5-13(24-19)15-14(10)17-8-9-20(3)11(2)18(17,22)7-6-12(21)16(17)23-15/h4-5,11,16,22H,6-9H2,1-3H3/t11-,16+,17+,18-/m1/s1. The van der Waals surface area contributed by atoms with Crippen LogP contribution in [0.5, 0.6) is 11.5 Å². The number of carbonyl (C=O) groups is 1. The summed E-state index contributed by atoms with van der Waals surface area (Å²) in [4.78, 5) is 14.9. The van der Waals surface area contributed by atoms with Gasteiger partial charge in [0.2, 0.25) is 0 Å². The lowest BCUT2D eigenvalue weighted by Gasteiger charge is -2.58. The summed E-state index contributed by atoms with van der Waals surface area (Å²) in [5.41, 5.74) is 0.351. The average Bonchev–Trinajstić information content (AvgIpc) is 2.93. The quantitative estimate of drug-likeness (QED) is 0.677. The Hall–Kier alpha value is -0.860. The maximum atomic E-state index is 12.7. The first-order valence-corrected chi connectivity index (χ1v) is 9.29. The highest BCUT2D eigenvalue weighted by Gasteiger charge is 2.70. The summed E-state index contributed by atoms with van der Waals surface area (Å²) in [6.07, 6.45) is 0.924. The van der Waals surface area contributed by atoms with E-state index in [2.05, 4.69) is 11.8 Å². The highest BCUT2D eigenvalue weighted by atomic mass is 127. The number of benzene rings is 1. The fourth-order valence-corrected chi connectivity index (χ4v) is 5.51. The highest BCUT2D eigenvalue weighted by molar-refractivity contribution is 14.1. The molecule has 24 heavy (non-hydrogen) atoms. The number of aliphatic hydroxyl groups is 1. The maximum Gasteiger partial charge on any atom is 0.192 e. The van der Waals surface area contributed by atoms with Crippen LogP contribution in [-0.4, -0.2) is 47.1 Å². The second kappa shape index (κ2) is 5.32. The number of likely N-dealkylation sites (N-methyl/N-ethyl adjacent to an activating group) is 1. The number of aryl methyl sites for hydroxylation is 1. The van der Waals surface area contributed by atoms with Gasteiger partial charge < -0.3 is 17.8 Å². The van der Waals surface area contributed by atoms with Crippen LogP contribution in [0.4, 0.5) is 0 Å². The number of likely N-dealkylation sites (tertiary alicyclic amines) is 1. The zero-order valence-electron chi connectivity index (χ0n) is 14.1. The number of Topliss-reactive ketones (excluding diaryl/α,β-unsaturated/α-hetero) is 1. The molecule has 3 aliphatic rings. The first kappa shape index (κ1) is 16.6. The number of ketones is 1. The fraction of sp³-hybridized carbons (Fsp3) is 0.611. The molecular weight excluding hydrogens is 421 g/mol. The molecule has 2 fully saturated rings. The van der Waals surface area contributed by atoms with Crippen LogP contribution in [0.1, 0.15) is 37.3 Å². The second-order valence-corrected chi connectivity index (χ2v) is 7.87. The Morgan fingerprint density at radius 3 is 2.88 bits per heavy atom. The molecule has 0 bridgehead atoms. The number of halogens is 1. The van der Waals surface area contributed by atoms with Gasteiger partial charge in [0, 0.05) is 18.0 Å². The SMILES string of the molecule is Cc1ccc(OI)c2c1[C@]13CCN(C)[C@H](C)[C@]1(O)CCC(=O)[C@@H]3O2. The zero-order chi connectivity index (χ0) is 17.3. The molecule has 4 atom stereocenters. The Balaban J connectivity index is 2.02. The van der Waals surface area contributed by atoms with E-state index in [0.29, 0.717) is 30.8 Å². The van der Waals surface area contributed by atoms with Crippen LogP contribution in [-0.2, 0) is 10.2 Å². The van der Waals surface area contributed by atoms with Crippen LogP contribution in [0.15, 0.2) is 12.1 Å². The van der Waals surface area contributed by atoms with Crippen molar-refractivity contribution >= 4 is 28.8 Å². The van der Waals surface area contributed by atoms with Crippen LogP contribution in [0.3, 0.4) is 0 Å². The topological polar surface area (TPSA) is 59.0 Å². The molecule has 6 heteroatoms. The van der Waals surface area contributed by atoms with Crippen molar-refractivity contribution < 1.29 is 17.7 Å². The fourth-order valence-electron chi connectivity index (χ4n) is 5.16. The molecule has 1 aromatic carbocycles. The van der Waals surface area contributed by atoms with E-state index in [9.17, 15) is 9.90 Å². The van der Waals surface area contributed by atoms with Gasteiger partial charge in [-0.2, -0.15) is 0 Å². The largest absolute Gasteiger partial charge is 0.477 e. The van der Waals surface area contributed by atoms with Crippen LogP contribution in [0.25, 0.3) is 0 Å². The van der Waals surface area contributed by atoms with E-state index in [1.54, 1.807) is 0 Å². The molecule has 0 amide bonds. The van der Waals surface area contributed by atoms with Gasteiger partial charge in [0.15, 0.2) is 46.4 Å². The summed E-state index contributed by atoms with van der Waals surface area (Å²) in [5.74, 6) is 1.35. The number of hydrogen-bond donors (Lipinski definition) is 1. The van der Waals surface area contributed by atoms with E-state index in [-0.39, 0.29) is 11.8 Å². The summed E-state index contributed by atoms with van der Waals surface area (Å²) in [6.45, 7) is 4.91. The third-order valence-corrected chi connectivity index (χ3v) is 7.05. The molecule has 1 N–H and O–H groups in total. The highest BCUT2D eigenvalue weighted by Crippen LogP contribution is 2.61. The first-order valence-electron chi connectivity index (χ1n) is 8.41. The Morgan fingerprint density at radius 1 is 1.42 bits per heavy atom. The normalized spacial score (nSPS) is 38.1. The van der Waals surface area contributed by atoms with Gasteiger partial charge in [0.25, 0.3) is 0 Å². The molecule has 1 saturated heterocycles. The van der Waals surface area contributed by atoms with Gasteiger partial charge >= 0.3 is 0 Å². The first-order chi connectivity index (χ1) is 11.4. The van der Waals surface area contributed by atoms with Gasteiger partial charge in [-0.15, -0.1) is 0 Å². The van der Waals surface area contributed by atoms with Gasteiger partial charge in [0.1, 0.15) is 0 Å². The summed E-state index contributed by atoms with van der Waals surface area (Å²) in [6, 6.07) is 3.83. The summed E-state index contributed by atoms with van der Waals surface area (Å²) in [7, 11) is 2.04. The van der Waals surface area contributed by atoms with E-state index in [1.807, 2.05) is 49.1 Å². The molecule has 1 aromatic rings. The molecule has 5 nitrogen and oxygen atoms in total. The smallest absolute Gasteiger partial charge is 0.192 e. The van der Waals surface area contributed by atoms with Crippen molar-refractivity contribution in [3.05, 3.63) is 23.3 Å². The zero-order valence-corrected chi connectivity index (χ0v) is 16.3.